The first-order chi connectivity index (χ1) is 15.1. The fraction of sp³-hybridized carbons (Fsp3) is 0.0909. The molecule has 0 radical (unpaired) electrons. The minimum atomic E-state index is -1.09. The van der Waals surface area contributed by atoms with Crippen LogP contribution in [0, 0.1) is 0 Å². The third kappa shape index (κ3) is 5.43. The van der Waals surface area contributed by atoms with Crippen molar-refractivity contribution >= 4 is 80.7 Å². The number of carboxylic acids is 1. The maximum atomic E-state index is 12.4. The quantitative estimate of drug-likeness (QED) is 0.213. The van der Waals surface area contributed by atoms with Gasteiger partial charge in [-0.15, -0.1) is 0 Å². The summed E-state index contributed by atoms with van der Waals surface area (Å²) >= 11 is 13.2. The average Bonchev–Trinajstić information content (AvgIpc) is 2.76. The van der Waals surface area contributed by atoms with Gasteiger partial charge in [0.15, 0.2) is 11.3 Å². The van der Waals surface area contributed by atoms with Crippen LogP contribution in [0.4, 0.5) is 0 Å². The number of benzene rings is 3. The maximum absolute atomic E-state index is 12.4. The maximum Gasteiger partial charge on any atom is 1.00 e. The molecule has 0 unspecified atom stereocenters. The first kappa shape index (κ1) is 28.5. The third-order valence-electron chi connectivity index (χ3n) is 4.45. The third-order valence-corrected chi connectivity index (χ3v) is 7.10. The Balaban J connectivity index is 0.00000110. The number of aromatic carboxylic acids is 1. The van der Waals surface area contributed by atoms with Crippen molar-refractivity contribution in [3.8, 4) is 28.2 Å². The largest absolute Gasteiger partial charge is 1.00 e. The second-order valence-electron chi connectivity index (χ2n) is 6.42. The van der Waals surface area contributed by atoms with Gasteiger partial charge in [0.05, 0.1) is 14.5 Å². The van der Waals surface area contributed by atoms with Gasteiger partial charge in [0.2, 0.25) is 5.43 Å². The molecule has 33 heavy (non-hydrogen) atoms. The Morgan fingerprint density at radius 3 is 2.24 bits per heavy atom. The number of fused-ring (bicyclic) bond motifs is 2. The van der Waals surface area contributed by atoms with Crippen molar-refractivity contribution in [3.05, 3.63) is 70.1 Å². The molecule has 0 aromatic heterocycles. The predicted molar refractivity (Wildman–Crippen MR) is 138 cm³/mol. The summed E-state index contributed by atoms with van der Waals surface area (Å²) < 4.78 is 7.17. The van der Waals surface area contributed by atoms with Crippen LogP contribution in [0.15, 0.2) is 63.5 Å². The number of aromatic hydroxyl groups is 1. The molecule has 0 bridgehead atoms. The van der Waals surface area contributed by atoms with Crippen LogP contribution in [0.2, 0.25) is 0 Å². The summed E-state index contributed by atoms with van der Waals surface area (Å²) in [6.07, 6.45) is 0. The van der Waals surface area contributed by atoms with E-state index in [1.807, 2.05) is 0 Å². The van der Waals surface area contributed by atoms with E-state index in [0.29, 0.717) is 31.0 Å². The van der Waals surface area contributed by atoms with E-state index in [1.54, 1.807) is 37.3 Å². The van der Waals surface area contributed by atoms with Crippen molar-refractivity contribution in [1.29, 1.82) is 0 Å². The molecule has 2 aromatic rings. The molecule has 2 aliphatic rings. The number of halogens is 4. The number of carboxylic acid groups (broad SMARTS) is 1. The molecule has 1 aliphatic carbocycles. The van der Waals surface area contributed by atoms with Gasteiger partial charge >= 0.3 is 35.5 Å². The van der Waals surface area contributed by atoms with E-state index >= 15 is 0 Å². The predicted octanol–water partition coefficient (Wildman–Crippen LogP) is 4.13. The molecular formula is C22H15Br4NaO6. The smallest absolute Gasteiger partial charge is 1.00 e. The molecule has 11 heteroatoms. The number of carbonyl (C=O) groups is 1. The summed E-state index contributed by atoms with van der Waals surface area (Å²) in [6, 6.07) is 9.84. The molecule has 0 atom stereocenters. The summed E-state index contributed by atoms with van der Waals surface area (Å²) in [6.45, 7) is 1.93. The molecule has 0 saturated heterocycles. The van der Waals surface area contributed by atoms with E-state index in [1.165, 1.54) is 6.07 Å². The van der Waals surface area contributed by atoms with Crippen LogP contribution in [0.3, 0.4) is 0 Å². The van der Waals surface area contributed by atoms with Gasteiger partial charge in [-0.3, -0.25) is 4.79 Å². The van der Waals surface area contributed by atoms with E-state index in [2.05, 4.69) is 63.7 Å². The van der Waals surface area contributed by atoms with Gasteiger partial charge in [0.25, 0.3) is 0 Å². The van der Waals surface area contributed by atoms with Gasteiger partial charge in [0, 0.05) is 23.1 Å². The van der Waals surface area contributed by atoms with Crippen LogP contribution in [0.5, 0.6) is 5.75 Å². The van der Waals surface area contributed by atoms with E-state index in [9.17, 15) is 19.8 Å². The number of phenols is 1. The molecule has 0 amide bonds. The summed E-state index contributed by atoms with van der Waals surface area (Å²) in [5, 5.41) is 28.2. The van der Waals surface area contributed by atoms with Gasteiger partial charge in [0.1, 0.15) is 14.7 Å². The van der Waals surface area contributed by atoms with E-state index in [-0.39, 0.29) is 74.6 Å². The number of hydrogen-bond acceptors (Lipinski definition) is 5. The topological polar surface area (TPSA) is 108 Å². The Hall–Kier alpha value is -0.720. The number of phenolic OH excluding ortho intramolecular Hbond substituents is 1. The Labute approximate surface area is 245 Å². The standard InChI is InChI=1S/C20H8Br4O5.C2H6O.Na.H/c21-11-5-9-13(7-3-1-2-4-8(7)20(27)28)10-6-12(22)17(26)15(24)19(10)29-18(9)14(23)16(11)25;1-2-3;;/h1-6,25H,(H,27,28);3H,2H2,1H3;;/q;;+1;-1. The number of aliphatic hydroxyl groups excluding tert-OH is 1. The summed E-state index contributed by atoms with van der Waals surface area (Å²) in [7, 11) is 0. The molecule has 1 heterocycles. The van der Waals surface area contributed by atoms with Crippen LogP contribution in [-0.2, 0) is 0 Å². The SMILES string of the molecule is CCO.O=C(O)c1ccccc1-c1c2cc(Br)c(=O)c(Br)c-2oc2c(Br)c(O)c(Br)cc12.[H-].[Na+]. The molecule has 168 valence electrons. The molecule has 4 rings (SSSR count). The second kappa shape index (κ2) is 11.8. The molecule has 6 nitrogen and oxygen atoms in total. The molecular weight excluding hydrogens is 703 g/mol. The van der Waals surface area contributed by atoms with Crippen molar-refractivity contribution < 1.29 is 55.5 Å². The van der Waals surface area contributed by atoms with Crippen LogP contribution in [-0.4, -0.2) is 27.9 Å². The van der Waals surface area contributed by atoms with Crippen LogP contribution >= 0.6 is 63.7 Å². The molecule has 0 saturated carbocycles. The first-order valence-electron chi connectivity index (χ1n) is 9.03. The van der Waals surface area contributed by atoms with Crippen LogP contribution < -0.4 is 35.0 Å². The molecule has 3 N–H and O–H groups in total. The van der Waals surface area contributed by atoms with Crippen LogP contribution in [0.25, 0.3) is 33.4 Å². The first-order valence-corrected chi connectivity index (χ1v) is 12.2. The zero-order valence-corrected chi connectivity index (χ0v) is 25.6. The summed E-state index contributed by atoms with van der Waals surface area (Å²) in [5.74, 6) is -0.921. The van der Waals surface area contributed by atoms with Crippen LogP contribution in [0.1, 0.15) is 18.7 Å². The number of rotatable bonds is 2. The Kier molecular flexibility index (Phi) is 10.2. The summed E-state index contributed by atoms with van der Waals surface area (Å²) in [5.41, 5.74) is 1.61. The van der Waals surface area contributed by atoms with Gasteiger partial charge in [-0.05, 0) is 94.4 Å². The second-order valence-corrected chi connectivity index (χ2v) is 9.71. The molecule has 1 aliphatic heterocycles. The molecule has 0 spiro atoms. The Morgan fingerprint density at radius 1 is 1.03 bits per heavy atom. The minimum absolute atomic E-state index is 0. The average molecular weight is 718 g/mol. The van der Waals surface area contributed by atoms with E-state index in [0.717, 1.165) is 0 Å². The van der Waals surface area contributed by atoms with Gasteiger partial charge in [-0.25, -0.2) is 4.79 Å². The van der Waals surface area contributed by atoms with Gasteiger partial charge in [-0.1, -0.05) is 18.2 Å². The van der Waals surface area contributed by atoms with E-state index < -0.39 is 5.97 Å². The van der Waals surface area contributed by atoms with Crippen molar-refractivity contribution in [2.45, 2.75) is 6.92 Å². The minimum Gasteiger partial charge on any atom is -1.00 e. The van der Waals surface area contributed by atoms with Crippen molar-refractivity contribution in [1.82, 2.24) is 0 Å². The monoisotopic (exact) mass is 714 g/mol. The summed E-state index contributed by atoms with van der Waals surface area (Å²) in [4.78, 5) is 24.3. The zero-order chi connectivity index (χ0) is 23.7. The fourth-order valence-electron chi connectivity index (χ4n) is 3.17. The van der Waals surface area contributed by atoms with Gasteiger partial charge in [-0.2, -0.15) is 0 Å². The van der Waals surface area contributed by atoms with E-state index in [4.69, 9.17) is 9.52 Å². The fourth-order valence-corrected chi connectivity index (χ4v) is 5.57. The zero-order valence-electron chi connectivity index (χ0n) is 18.2. The van der Waals surface area contributed by atoms with Crippen molar-refractivity contribution in [3.63, 3.8) is 0 Å². The Morgan fingerprint density at radius 2 is 1.64 bits per heavy atom. The molecule has 2 aromatic carbocycles. The van der Waals surface area contributed by atoms with Gasteiger partial charge < -0.3 is 21.2 Å². The number of hydrogen-bond donors (Lipinski definition) is 3. The Bertz CT molecular complexity index is 1390. The number of aliphatic hydroxyl groups is 1. The van der Waals surface area contributed by atoms with Crippen molar-refractivity contribution in [2.75, 3.05) is 6.61 Å². The molecule has 0 fully saturated rings. The van der Waals surface area contributed by atoms with Crippen molar-refractivity contribution in [2.24, 2.45) is 0 Å². The normalized spacial score (nSPS) is 10.5.